The Labute approximate surface area is 118 Å². The summed E-state index contributed by atoms with van der Waals surface area (Å²) in [6, 6.07) is 0.814. The normalized spacial score (nSPS) is 21.5. The zero-order chi connectivity index (χ0) is 14.3. The lowest BCUT2D eigenvalue weighted by Crippen LogP contribution is -2.48. The van der Waals surface area contributed by atoms with Gasteiger partial charge in [0.25, 0.3) is 0 Å². The van der Waals surface area contributed by atoms with Crippen LogP contribution in [0.25, 0.3) is 0 Å². The van der Waals surface area contributed by atoms with Gasteiger partial charge in [-0.3, -0.25) is 9.58 Å². The summed E-state index contributed by atoms with van der Waals surface area (Å²) in [5.41, 5.74) is 7.35. The Bertz CT molecular complexity index is 525. The Morgan fingerprint density at radius 1 is 1.30 bits per heavy atom. The number of aryl methyl sites for hydroxylation is 2. The molecule has 0 atom stereocenters. The van der Waals surface area contributed by atoms with Crippen molar-refractivity contribution in [2.24, 2.45) is 17.9 Å². The van der Waals surface area contributed by atoms with Gasteiger partial charge in [0.2, 0.25) is 0 Å². The first-order valence-corrected chi connectivity index (χ1v) is 7.12. The third-order valence-corrected chi connectivity index (χ3v) is 4.23. The summed E-state index contributed by atoms with van der Waals surface area (Å²) in [5.74, 6) is 1.09. The number of aromatic nitrogens is 2. The highest BCUT2D eigenvalue weighted by molar-refractivity contribution is 6.02. The average Bonchev–Trinajstić information content (AvgIpc) is 3.24. The fourth-order valence-electron chi connectivity index (χ4n) is 3.10. The molecule has 0 amide bonds. The van der Waals surface area contributed by atoms with Crippen molar-refractivity contribution in [3.63, 3.8) is 0 Å². The van der Waals surface area contributed by atoms with Gasteiger partial charge in [0.15, 0.2) is 5.84 Å². The van der Waals surface area contributed by atoms with Gasteiger partial charge < -0.3 is 15.8 Å². The third-order valence-electron chi connectivity index (χ3n) is 4.23. The molecule has 110 valence electrons. The summed E-state index contributed by atoms with van der Waals surface area (Å²) in [6.45, 7) is 5.95. The summed E-state index contributed by atoms with van der Waals surface area (Å²) in [6.07, 6.45) is 2.69. The van der Waals surface area contributed by atoms with E-state index in [0.717, 1.165) is 49.3 Å². The minimum Gasteiger partial charge on any atom is -0.409 e. The van der Waals surface area contributed by atoms with Crippen LogP contribution in [0.5, 0.6) is 0 Å². The molecule has 1 aromatic heterocycles. The standard InChI is InChI=1S/C13H22N6O/c1-9-11(12(14)16-20)13(17(2)15-9)19-7-5-18(6-8-19)10-3-4-10/h10,20H,3-8H2,1-2H3,(H2,14,16). The van der Waals surface area contributed by atoms with E-state index in [2.05, 4.69) is 20.1 Å². The number of hydrogen-bond acceptors (Lipinski definition) is 5. The minimum absolute atomic E-state index is 0.134. The predicted molar refractivity (Wildman–Crippen MR) is 77.3 cm³/mol. The van der Waals surface area contributed by atoms with Crippen LogP contribution in [-0.2, 0) is 7.05 Å². The van der Waals surface area contributed by atoms with Gasteiger partial charge >= 0.3 is 0 Å². The zero-order valence-electron chi connectivity index (χ0n) is 12.1. The van der Waals surface area contributed by atoms with Gasteiger partial charge in [-0.05, 0) is 19.8 Å². The number of amidine groups is 1. The van der Waals surface area contributed by atoms with Crippen molar-refractivity contribution in [3.8, 4) is 0 Å². The van der Waals surface area contributed by atoms with Crippen molar-refractivity contribution in [1.82, 2.24) is 14.7 Å². The molecule has 1 saturated heterocycles. The van der Waals surface area contributed by atoms with Crippen molar-refractivity contribution >= 4 is 11.7 Å². The van der Waals surface area contributed by atoms with Crippen molar-refractivity contribution < 1.29 is 5.21 Å². The predicted octanol–water partition coefficient (Wildman–Crippen LogP) is 0.107. The molecule has 0 aromatic carbocycles. The average molecular weight is 278 g/mol. The van der Waals surface area contributed by atoms with E-state index in [4.69, 9.17) is 10.9 Å². The Kier molecular flexibility index (Phi) is 3.29. The molecule has 7 heteroatoms. The monoisotopic (exact) mass is 278 g/mol. The Hall–Kier alpha value is -1.76. The quantitative estimate of drug-likeness (QED) is 0.355. The lowest BCUT2D eigenvalue weighted by Gasteiger charge is -2.36. The van der Waals surface area contributed by atoms with Gasteiger partial charge in [-0.25, -0.2) is 0 Å². The number of anilines is 1. The molecule has 0 unspecified atom stereocenters. The van der Waals surface area contributed by atoms with E-state index in [1.807, 2.05) is 18.7 Å². The molecule has 2 fully saturated rings. The topological polar surface area (TPSA) is 82.9 Å². The van der Waals surface area contributed by atoms with Crippen molar-refractivity contribution in [2.75, 3.05) is 31.1 Å². The number of oxime groups is 1. The highest BCUT2D eigenvalue weighted by atomic mass is 16.4. The van der Waals surface area contributed by atoms with Crippen LogP contribution in [0.1, 0.15) is 24.1 Å². The van der Waals surface area contributed by atoms with E-state index in [0.29, 0.717) is 0 Å². The largest absolute Gasteiger partial charge is 0.409 e. The SMILES string of the molecule is Cc1nn(C)c(N2CCN(C3CC3)CC2)c1C(N)=NO. The second kappa shape index (κ2) is 4.97. The molecule has 2 aliphatic rings. The fourth-order valence-corrected chi connectivity index (χ4v) is 3.10. The second-order valence-corrected chi connectivity index (χ2v) is 5.65. The Balaban J connectivity index is 1.83. The fraction of sp³-hybridized carbons (Fsp3) is 0.692. The van der Waals surface area contributed by atoms with Gasteiger partial charge in [-0.1, -0.05) is 5.16 Å². The van der Waals surface area contributed by atoms with Crippen LogP contribution < -0.4 is 10.6 Å². The van der Waals surface area contributed by atoms with Gasteiger partial charge in [0.05, 0.1) is 11.3 Å². The maximum absolute atomic E-state index is 8.97. The number of nitrogens with zero attached hydrogens (tertiary/aromatic N) is 5. The molecule has 20 heavy (non-hydrogen) atoms. The molecule has 0 radical (unpaired) electrons. The summed E-state index contributed by atoms with van der Waals surface area (Å²) >= 11 is 0. The van der Waals surface area contributed by atoms with Crippen LogP contribution in [0.4, 0.5) is 5.82 Å². The van der Waals surface area contributed by atoms with Crippen LogP contribution in [0.15, 0.2) is 5.16 Å². The Morgan fingerprint density at radius 3 is 2.50 bits per heavy atom. The molecule has 0 bridgehead atoms. The summed E-state index contributed by atoms with van der Waals surface area (Å²) < 4.78 is 1.83. The highest BCUT2D eigenvalue weighted by Gasteiger charge is 2.32. The van der Waals surface area contributed by atoms with Crippen molar-refractivity contribution in [2.45, 2.75) is 25.8 Å². The van der Waals surface area contributed by atoms with Gasteiger partial charge in [0.1, 0.15) is 5.82 Å². The molecule has 1 aliphatic heterocycles. The zero-order valence-corrected chi connectivity index (χ0v) is 12.1. The maximum atomic E-state index is 8.97. The second-order valence-electron chi connectivity index (χ2n) is 5.65. The van der Waals surface area contributed by atoms with Crippen LogP contribution in [0.3, 0.4) is 0 Å². The smallest absolute Gasteiger partial charge is 0.175 e. The first-order valence-electron chi connectivity index (χ1n) is 7.12. The van der Waals surface area contributed by atoms with E-state index >= 15 is 0 Å². The first-order chi connectivity index (χ1) is 9.61. The van der Waals surface area contributed by atoms with E-state index in [1.165, 1.54) is 12.8 Å². The molecular weight excluding hydrogens is 256 g/mol. The van der Waals surface area contributed by atoms with Gasteiger partial charge in [-0.15, -0.1) is 0 Å². The maximum Gasteiger partial charge on any atom is 0.175 e. The number of rotatable bonds is 3. The summed E-state index contributed by atoms with van der Waals surface area (Å²) in [5, 5.41) is 16.5. The molecule has 2 heterocycles. The molecule has 3 N–H and O–H groups in total. The summed E-state index contributed by atoms with van der Waals surface area (Å²) in [4.78, 5) is 4.84. The van der Waals surface area contributed by atoms with E-state index < -0.39 is 0 Å². The third kappa shape index (κ3) is 2.22. The number of nitrogens with two attached hydrogens (primary N) is 1. The number of piperazine rings is 1. The van der Waals surface area contributed by atoms with E-state index in [1.54, 1.807) is 0 Å². The first kappa shape index (κ1) is 13.2. The summed E-state index contributed by atoms with van der Waals surface area (Å²) in [7, 11) is 1.91. The van der Waals surface area contributed by atoms with Crippen LogP contribution in [0, 0.1) is 6.92 Å². The van der Waals surface area contributed by atoms with E-state index in [-0.39, 0.29) is 5.84 Å². The minimum atomic E-state index is 0.134. The molecular formula is C13H22N6O. The number of hydrogen-bond donors (Lipinski definition) is 2. The van der Waals surface area contributed by atoms with Crippen molar-refractivity contribution in [1.29, 1.82) is 0 Å². The van der Waals surface area contributed by atoms with Gasteiger partial charge in [-0.2, -0.15) is 5.10 Å². The van der Waals surface area contributed by atoms with E-state index in [9.17, 15) is 0 Å². The lowest BCUT2D eigenvalue weighted by atomic mass is 10.2. The molecule has 7 nitrogen and oxygen atoms in total. The molecule has 1 aliphatic carbocycles. The molecule has 3 rings (SSSR count). The van der Waals surface area contributed by atoms with Crippen LogP contribution in [-0.4, -0.2) is 57.9 Å². The lowest BCUT2D eigenvalue weighted by molar-refractivity contribution is 0.247. The Morgan fingerprint density at radius 2 is 1.95 bits per heavy atom. The molecule has 0 spiro atoms. The van der Waals surface area contributed by atoms with Crippen molar-refractivity contribution in [3.05, 3.63) is 11.3 Å². The molecule has 1 saturated carbocycles. The van der Waals surface area contributed by atoms with Crippen LogP contribution >= 0.6 is 0 Å². The van der Waals surface area contributed by atoms with Crippen LogP contribution in [0.2, 0.25) is 0 Å². The highest BCUT2D eigenvalue weighted by Crippen LogP contribution is 2.29. The van der Waals surface area contributed by atoms with Gasteiger partial charge in [0, 0.05) is 39.3 Å². The molecule has 1 aromatic rings.